The van der Waals surface area contributed by atoms with Gasteiger partial charge >= 0.3 is 0 Å². The second-order valence-electron chi connectivity index (χ2n) is 5.23. The molecule has 2 rings (SSSR count). The average Bonchev–Trinajstić information content (AvgIpc) is 2.26. The number of hydrogen-bond donors (Lipinski definition) is 2. The SMILES string of the molecule is CC(C)(C)c1cc(NN)c2cc(I)cc(Cl)c2n1. The van der Waals surface area contributed by atoms with E-state index in [4.69, 9.17) is 17.4 Å². The Hall–Kier alpha value is -0.590. The number of benzene rings is 1. The molecule has 0 atom stereocenters. The zero-order valence-corrected chi connectivity index (χ0v) is 13.4. The first-order valence-corrected chi connectivity index (χ1v) is 7.05. The molecule has 0 aliphatic rings. The summed E-state index contributed by atoms with van der Waals surface area (Å²) in [5.74, 6) is 5.60. The molecule has 96 valence electrons. The number of pyridine rings is 1. The zero-order chi connectivity index (χ0) is 13.5. The minimum Gasteiger partial charge on any atom is -0.323 e. The molecular formula is C13H15ClIN3. The third kappa shape index (κ3) is 2.55. The zero-order valence-electron chi connectivity index (χ0n) is 10.5. The highest BCUT2D eigenvalue weighted by Crippen LogP contribution is 2.33. The number of anilines is 1. The standard InChI is InChI=1S/C13H15ClIN3/c1-13(2,3)11-6-10(18-16)8-4-7(15)5-9(14)12(8)17-11/h4-6H,16H2,1-3H3,(H,17,18). The highest BCUT2D eigenvalue weighted by Gasteiger charge is 2.19. The van der Waals surface area contributed by atoms with Gasteiger partial charge < -0.3 is 5.43 Å². The van der Waals surface area contributed by atoms with Gasteiger partial charge in [0.2, 0.25) is 0 Å². The van der Waals surface area contributed by atoms with Crippen LogP contribution in [0.25, 0.3) is 10.9 Å². The topological polar surface area (TPSA) is 50.9 Å². The fraction of sp³-hybridized carbons (Fsp3) is 0.308. The van der Waals surface area contributed by atoms with E-state index in [0.29, 0.717) is 5.02 Å². The molecule has 0 fully saturated rings. The number of hydrogen-bond acceptors (Lipinski definition) is 3. The Kier molecular flexibility index (Phi) is 3.71. The van der Waals surface area contributed by atoms with Crippen molar-refractivity contribution in [1.29, 1.82) is 0 Å². The number of fused-ring (bicyclic) bond motifs is 1. The van der Waals surface area contributed by atoms with Crippen molar-refractivity contribution in [3.63, 3.8) is 0 Å². The van der Waals surface area contributed by atoms with E-state index in [0.717, 1.165) is 25.9 Å². The van der Waals surface area contributed by atoms with Crippen LogP contribution in [0.3, 0.4) is 0 Å². The first-order valence-electron chi connectivity index (χ1n) is 5.60. The number of nitrogens with zero attached hydrogens (tertiary/aromatic N) is 1. The molecule has 18 heavy (non-hydrogen) atoms. The summed E-state index contributed by atoms with van der Waals surface area (Å²) in [6.45, 7) is 6.34. The Balaban J connectivity index is 2.84. The van der Waals surface area contributed by atoms with Crippen LogP contribution in [-0.4, -0.2) is 4.98 Å². The van der Waals surface area contributed by atoms with Crippen LogP contribution in [0.4, 0.5) is 5.69 Å². The van der Waals surface area contributed by atoms with Gasteiger partial charge in [0.05, 0.1) is 16.2 Å². The summed E-state index contributed by atoms with van der Waals surface area (Å²) in [7, 11) is 0. The van der Waals surface area contributed by atoms with Gasteiger partial charge in [-0.25, -0.2) is 0 Å². The lowest BCUT2D eigenvalue weighted by Crippen LogP contribution is -2.16. The molecular weight excluding hydrogens is 361 g/mol. The van der Waals surface area contributed by atoms with Gasteiger partial charge in [0, 0.05) is 20.1 Å². The van der Waals surface area contributed by atoms with Crippen LogP contribution in [0.1, 0.15) is 26.5 Å². The van der Waals surface area contributed by atoms with Crippen LogP contribution in [-0.2, 0) is 5.41 Å². The van der Waals surface area contributed by atoms with Gasteiger partial charge in [-0.3, -0.25) is 10.8 Å². The average molecular weight is 376 g/mol. The van der Waals surface area contributed by atoms with Crippen molar-refractivity contribution in [2.75, 3.05) is 5.43 Å². The largest absolute Gasteiger partial charge is 0.323 e. The predicted molar refractivity (Wildman–Crippen MR) is 86.0 cm³/mol. The van der Waals surface area contributed by atoms with Crippen LogP contribution in [0, 0.1) is 3.57 Å². The van der Waals surface area contributed by atoms with Crippen LogP contribution < -0.4 is 11.3 Å². The normalized spacial score (nSPS) is 11.9. The van der Waals surface area contributed by atoms with Gasteiger partial charge in [0.25, 0.3) is 0 Å². The van der Waals surface area contributed by atoms with E-state index in [9.17, 15) is 0 Å². The minimum absolute atomic E-state index is 0.0495. The number of rotatable bonds is 1. The fourth-order valence-corrected chi connectivity index (χ4v) is 2.82. The van der Waals surface area contributed by atoms with Gasteiger partial charge in [-0.1, -0.05) is 32.4 Å². The highest BCUT2D eigenvalue weighted by atomic mass is 127. The van der Waals surface area contributed by atoms with Gasteiger partial charge in [-0.05, 0) is 40.8 Å². The summed E-state index contributed by atoms with van der Waals surface area (Å²) in [5.41, 5.74) is 5.29. The van der Waals surface area contributed by atoms with Crippen molar-refractivity contribution in [3.8, 4) is 0 Å². The molecule has 0 unspecified atom stereocenters. The number of nitrogens with two attached hydrogens (primary N) is 1. The van der Waals surface area contributed by atoms with Gasteiger partial charge in [0.1, 0.15) is 0 Å². The summed E-state index contributed by atoms with van der Waals surface area (Å²) in [6, 6.07) is 5.91. The van der Waals surface area contributed by atoms with E-state index in [1.54, 1.807) is 0 Å². The molecule has 3 nitrogen and oxygen atoms in total. The van der Waals surface area contributed by atoms with Gasteiger partial charge in [0.15, 0.2) is 0 Å². The van der Waals surface area contributed by atoms with E-state index in [2.05, 4.69) is 53.8 Å². The molecule has 1 heterocycles. The van der Waals surface area contributed by atoms with E-state index in [1.807, 2.05) is 18.2 Å². The molecule has 0 bridgehead atoms. The first-order chi connectivity index (χ1) is 8.32. The van der Waals surface area contributed by atoms with E-state index < -0.39 is 0 Å². The molecule has 2 aromatic rings. The van der Waals surface area contributed by atoms with Crippen molar-refractivity contribution < 1.29 is 0 Å². The maximum atomic E-state index is 6.28. The molecule has 3 N–H and O–H groups in total. The Morgan fingerprint density at radius 3 is 2.50 bits per heavy atom. The predicted octanol–water partition coefficient (Wildman–Crippen LogP) is 4.08. The van der Waals surface area contributed by atoms with E-state index in [-0.39, 0.29) is 5.41 Å². The second kappa shape index (κ2) is 4.83. The van der Waals surface area contributed by atoms with Crippen LogP contribution in [0.2, 0.25) is 5.02 Å². The molecule has 0 amide bonds. The molecule has 0 saturated carbocycles. The second-order valence-corrected chi connectivity index (χ2v) is 6.89. The summed E-state index contributed by atoms with van der Waals surface area (Å²) in [4.78, 5) is 4.66. The molecule has 0 aliphatic heterocycles. The Morgan fingerprint density at radius 1 is 1.28 bits per heavy atom. The molecule has 0 radical (unpaired) electrons. The Bertz CT molecular complexity index is 605. The van der Waals surface area contributed by atoms with Gasteiger partial charge in [-0.2, -0.15) is 0 Å². The maximum absolute atomic E-state index is 6.28. The smallest absolute Gasteiger partial charge is 0.0913 e. The van der Waals surface area contributed by atoms with Crippen molar-refractivity contribution in [3.05, 3.63) is 32.5 Å². The molecule has 0 aliphatic carbocycles. The van der Waals surface area contributed by atoms with Gasteiger partial charge in [-0.15, -0.1) is 0 Å². The lowest BCUT2D eigenvalue weighted by molar-refractivity contribution is 0.572. The molecule has 0 spiro atoms. The highest BCUT2D eigenvalue weighted by molar-refractivity contribution is 14.1. The summed E-state index contributed by atoms with van der Waals surface area (Å²) in [5, 5.41) is 1.60. The minimum atomic E-state index is -0.0495. The van der Waals surface area contributed by atoms with Crippen LogP contribution in [0.5, 0.6) is 0 Å². The van der Waals surface area contributed by atoms with Crippen LogP contribution >= 0.6 is 34.2 Å². The van der Waals surface area contributed by atoms with Crippen molar-refractivity contribution in [2.24, 2.45) is 5.84 Å². The van der Waals surface area contributed by atoms with Crippen molar-refractivity contribution >= 4 is 50.8 Å². The number of nitrogen functional groups attached to an aromatic ring is 1. The third-order valence-corrected chi connectivity index (χ3v) is 3.67. The fourth-order valence-electron chi connectivity index (χ4n) is 1.76. The Labute approximate surface area is 125 Å². The van der Waals surface area contributed by atoms with Crippen molar-refractivity contribution in [1.82, 2.24) is 4.98 Å². The number of halogens is 2. The first kappa shape index (κ1) is 13.8. The third-order valence-electron chi connectivity index (χ3n) is 2.76. The number of aromatic nitrogens is 1. The molecule has 5 heteroatoms. The quantitative estimate of drug-likeness (QED) is 0.449. The number of hydrazine groups is 1. The summed E-state index contributed by atoms with van der Waals surface area (Å²) in [6.07, 6.45) is 0. The lowest BCUT2D eigenvalue weighted by atomic mass is 9.91. The monoisotopic (exact) mass is 375 g/mol. The van der Waals surface area contributed by atoms with E-state index in [1.165, 1.54) is 0 Å². The maximum Gasteiger partial charge on any atom is 0.0913 e. The van der Waals surface area contributed by atoms with Crippen molar-refractivity contribution in [2.45, 2.75) is 26.2 Å². The summed E-state index contributed by atoms with van der Waals surface area (Å²) < 4.78 is 1.06. The Morgan fingerprint density at radius 2 is 1.94 bits per heavy atom. The molecule has 0 saturated heterocycles. The van der Waals surface area contributed by atoms with E-state index >= 15 is 0 Å². The number of nitrogens with one attached hydrogen (secondary N) is 1. The summed E-state index contributed by atoms with van der Waals surface area (Å²) >= 11 is 8.51. The lowest BCUT2D eigenvalue weighted by Gasteiger charge is -2.20. The molecule has 1 aromatic carbocycles. The van der Waals surface area contributed by atoms with Crippen LogP contribution in [0.15, 0.2) is 18.2 Å². The molecule has 1 aromatic heterocycles.